The Hall–Kier alpha value is -2.03. The summed E-state index contributed by atoms with van der Waals surface area (Å²) in [5.41, 5.74) is 4.53. The van der Waals surface area contributed by atoms with Crippen LogP contribution in [-0.4, -0.2) is 8.32 Å². The second kappa shape index (κ2) is 15.7. The molecule has 0 heterocycles. The Morgan fingerprint density at radius 3 is 1.18 bits per heavy atom. The minimum absolute atomic E-state index is 0.446. The molecule has 0 aromatic heterocycles. The predicted molar refractivity (Wildman–Crippen MR) is 180 cm³/mol. The van der Waals surface area contributed by atoms with Crippen LogP contribution in [0.1, 0.15) is 52.7 Å². The van der Waals surface area contributed by atoms with Gasteiger partial charge in [0.15, 0.2) is 0 Å². The normalized spacial score (nSPS) is 11.7. The molecule has 0 bridgehead atoms. The van der Waals surface area contributed by atoms with Crippen molar-refractivity contribution < 1.29 is 4.43 Å². The van der Waals surface area contributed by atoms with Crippen LogP contribution in [-0.2, 0) is 16.4 Å². The molecule has 39 heavy (non-hydrogen) atoms. The smallest absolute Gasteiger partial charge is 0.200 e. The van der Waals surface area contributed by atoms with Crippen molar-refractivity contribution in [3.8, 4) is 0 Å². The van der Waals surface area contributed by atoms with E-state index in [9.17, 15) is 0 Å². The zero-order valence-electron chi connectivity index (χ0n) is 24.3. The van der Waals surface area contributed by atoms with E-state index >= 15 is 0 Å². The first-order valence-corrected chi connectivity index (χ1v) is 18.6. The molecule has 0 fully saturated rings. The van der Waals surface area contributed by atoms with Crippen molar-refractivity contribution in [3.05, 3.63) is 126 Å². The molecule has 4 aromatic rings. The van der Waals surface area contributed by atoms with Gasteiger partial charge in [-0.25, -0.2) is 0 Å². The van der Waals surface area contributed by atoms with Crippen LogP contribution in [0.4, 0.5) is 0 Å². The fourth-order valence-electron chi connectivity index (χ4n) is 5.61. The number of rotatable bonds is 10. The van der Waals surface area contributed by atoms with E-state index in [-0.39, 0.29) is 0 Å². The fraction of sp³-hybridized carbons (Fsp3) is 0.314. The number of halogens is 1. The maximum absolute atomic E-state index is 6.60. The zero-order chi connectivity index (χ0) is 28.3. The van der Waals surface area contributed by atoms with Gasteiger partial charge in [0.1, 0.15) is 0 Å². The van der Waals surface area contributed by atoms with Crippen LogP contribution >= 0.6 is 23.9 Å². The highest BCUT2D eigenvalue weighted by Crippen LogP contribution is 2.42. The summed E-state index contributed by atoms with van der Waals surface area (Å²) in [5.74, 6) is 0. The molecule has 0 saturated carbocycles. The predicted octanol–water partition coefficient (Wildman–Crippen LogP) is 9.72. The van der Waals surface area contributed by atoms with Crippen molar-refractivity contribution >= 4 is 48.1 Å². The van der Waals surface area contributed by atoms with E-state index in [0.717, 1.165) is 11.9 Å². The van der Waals surface area contributed by atoms with E-state index in [0.29, 0.717) is 16.6 Å². The zero-order valence-corrected chi connectivity index (χ0v) is 27.8. The average molecular weight is 620 g/mol. The van der Waals surface area contributed by atoms with Crippen molar-refractivity contribution in [1.29, 1.82) is 0 Å². The molecule has 0 aliphatic heterocycles. The van der Waals surface area contributed by atoms with Crippen molar-refractivity contribution in [1.82, 2.24) is 0 Å². The SMILES string of the molecule is CC(C)[Si](OCc1ccc(CBr)cc1)(C(C)C)C(C)C.c1ccc(P(c2ccccc2)c2ccccc2)cc1. The van der Waals surface area contributed by atoms with Gasteiger partial charge in [0.2, 0.25) is 8.32 Å². The Balaban J connectivity index is 0.000000216. The number of hydrogen-bond acceptors (Lipinski definition) is 1. The van der Waals surface area contributed by atoms with Crippen LogP contribution in [0.25, 0.3) is 0 Å². The van der Waals surface area contributed by atoms with Crippen molar-refractivity contribution in [2.24, 2.45) is 0 Å². The van der Waals surface area contributed by atoms with E-state index in [4.69, 9.17) is 4.43 Å². The molecule has 206 valence electrons. The quantitative estimate of drug-likeness (QED) is 0.0976. The maximum atomic E-state index is 6.60. The van der Waals surface area contributed by atoms with Crippen molar-refractivity contribution in [2.45, 2.75) is 70.1 Å². The highest BCUT2D eigenvalue weighted by molar-refractivity contribution is 9.08. The second-order valence-corrected chi connectivity index (χ2v) is 19.1. The van der Waals surface area contributed by atoms with Gasteiger partial charge in [0, 0.05) is 5.33 Å². The van der Waals surface area contributed by atoms with Crippen LogP contribution in [0.5, 0.6) is 0 Å². The molecule has 0 aliphatic rings. The average Bonchev–Trinajstić information content (AvgIpc) is 2.95. The van der Waals surface area contributed by atoms with Crippen LogP contribution < -0.4 is 15.9 Å². The lowest BCUT2D eigenvalue weighted by Crippen LogP contribution is -2.47. The molecule has 4 heteroatoms. The summed E-state index contributed by atoms with van der Waals surface area (Å²) in [6, 6.07) is 41.1. The Morgan fingerprint density at radius 1 is 0.538 bits per heavy atom. The number of hydrogen-bond donors (Lipinski definition) is 0. The lowest BCUT2D eigenvalue weighted by molar-refractivity contribution is 0.266. The lowest BCUT2D eigenvalue weighted by Gasteiger charge is -2.42. The lowest BCUT2D eigenvalue weighted by atomic mass is 10.2. The first-order chi connectivity index (χ1) is 18.8. The van der Waals surface area contributed by atoms with Gasteiger partial charge in [-0.2, -0.15) is 0 Å². The van der Waals surface area contributed by atoms with E-state index in [1.54, 1.807) is 0 Å². The van der Waals surface area contributed by atoms with E-state index in [1.807, 2.05) is 0 Å². The molecule has 0 saturated heterocycles. The summed E-state index contributed by atoms with van der Waals surface area (Å²) < 4.78 is 6.60. The second-order valence-electron chi connectivity index (χ2n) is 10.9. The highest BCUT2D eigenvalue weighted by atomic mass is 79.9. The minimum Gasteiger partial charge on any atom is -0.412 e. The molecular formula is C35H44BrOPSi. The van der Waals surface area contributed by atoms with Gasteiger partial charge in [-0.3, -0.25) is 0 Å². The molecule has 0 amide bonds. The van der Waals surface area contributed by atoms with Gasteiger partial charge >= 0.3 is 0 Å². The Bertz CT molecular complexity index is 1100. The summed E-state index contributed by atoms with van der Waals surface area (Å²) in [7, 11) is -2.19. The summed E-state index contributed by atoms with van der Waals surface area (Å²) in [4.78, 5) is 0. The monoisotopic (exact) mass is 618 g/mol. The third kappa shape index (κ3) is 8.48. The molecular weight excluding hydrogens is 575 g/mol. The first-order valence-electron chi connectivity index (χ1n) is 14.0. The molecule has 4 rings (SSSR count). The number of benzene rings is 4. The van der Waals surface area contributed by atoms with Gasteiger partial charge < -0.3 is 4.43 Å². The van der Waals surface area contributed by atoms with Crippen LogP contribution in [0.3, 0.4) is 0 Å². The molecule has 0 radical (unpaired) electrons. The molecule has 1 nitrogen and oxygen atoms in total. The van der Waals surface area contributed by atoms with Gasteiger partial charge in [0.25, 0.3) is 0 Å². The van der Waals surface area contributed by atoms with Crippen LogP contribution in [0.15, 0.2) is 115 Å². The standard InChI is InChI=1S/C18H15P.C17H29BrOSi/c1-4-10-16(11-5-1)19(17-12-6-2-7-13-17)18-14-8-3-9-15-18;1-13(2)20(14(3)4,15(5)6)19-12-17-9-7-16(11-18)8-10-17/h1-15H;7-10,13-15H,11-12H2,1-6H3. The Kier molecular flexibility index (Phi) is 12.7. The van der Waals surface area contributed by atoms with E-state index in [2.05, 4.69) is 173 Å². The van der Waals surface area contributed by atoms with Gasteiger partial charge in [-0.1, -0.05) is 173 Å². The third-order valence-corrected chi connectivity index (χ3v) is 16.6. The molecule has 0 spiro atoms. The molecule has 0 atom stereocenters. The Labute approximate surface area is 248 Å². The summed E-state index contributed by atoms with van der Waals surface area (Å²) in [5, 5.41) is 5.11. The van der Waals surface area contributed by atoms with Crippen LogP contribution in [0.2, 0.25) is 16.6 Å². The summed E-state index contributed by atoms with van der Waals surface area (Å²) in [6.45, 7) is 14.8. The molecule has 0 unspecified atom stereocenters. The topological polar surface area (TPSA) is 9.23 Å². The summed E-state index contributed by atoms with van der Waals surface area (Å²) in [6.07, 6.45) is 0. The van der Waals surface area contributed by atoms with Crippen molar-refractivity contribution in [2.75, 3.05) is 0 Å². The molecule has 0 aliphatic carbocycles. The number of alkyl halides is 1. The van der Waals surface area contributed by atoms with Crippen LogP contribution in [0, 0.1) is 0 Å². The highest BCUT2D eigenvalue weighted by Gasteiger charge is 2.44. The van der Waals surface area contributed by atoms with Gasteiger partial charge in [-0.15, -0.1) is 0 Å². The van der Waals surface area contributed by atoms with Gasteiger partial charge in [-0.05, 0) is 51.6 Å². The fourth-order valence-corrected chi connectivity index (χ4v) is 13.7. The molecule has 4 aromatic carbocycles. The summed E-state index contributed by atoms with van der Waals surface area (Å²) >= 11 is 3.49. The van der Waals surface area contributed by atoms with Gasteiger partial charge in [0.05, 0.1) is 6.61 Å². The third-order valence-electron chi connectivity index (χ3n) is 7.42. The van der Waals surface area contributed by atoms with Crippen molar-refractivity contribution in [3.63, 3.8) is 0 Å². The Morgan fingerprint density at radius 2 is 0.872 bits per heavy atom. The van der Waals surface area contributed by atoms with E-state index < -0.39 is 16.2 Å². The molecule has 0 N–H and O–H groups in total. The largest absolute Gasteiger partial charge is 0.412 e. The first kappa shape index (κ1) is 31.5. The van der Waals surface area contributed by atoms with E-state index in [1.165, 1.54) is 27.0 Å². The minimum atomic E-state index is -1.74. The maximum Gasteiger partial charge on any atom is 0.200 e.